The molecule has 8 nitrogen and oxygen atoms in total. The Morgan fingerprint density at radius 2 is 0.796 bits per heavy atom. The van der Waals surface area contributed by atoms with Crippen LogP contribution in [0.2, 0.25) is 0 Å². The summed E-state index contributed by atoms with van der Waals surface area (Å²) >= 11 is 0. The van der Waals surface area contributed by atoms with Crippen LogP contribution in [0.5, 0.6) is 0 Å². The average Bonchev–Trinajstić information content (AvgIpc) is 3.03. The van der Waals surface area contributed by atoms with E-state index in [-0.39, 0.29) is 36.8 Å². The van der Waals surface area contributed by atoms with E-state index in [9.17, 15) is 19.2 Å². The van der Waals surface area contributed by atoms with Crippen molar-refractivity contribution in [1.29, 1.82) is 0 Å². The van der Waals surface area contributed by atoms with Crippen LogP contribution in [0.15, 0.2) is 48.5 Å². The molecule has 0 aromatic heterocycles. The molecule has 0 saturated carbocycles. The molecular formula is C41H44N2O6. The number of fused-ring (bicyclic) bond motifs is 2. The summed E-state index contributed by atoms with van der Waals surface area (Å²) in [5, 5.41) is 6.34. The lowest BCUT2D eigenvalue weighted by Crippen LogP contribution is -2.57. The third-order valence-corrected chi connectivity index (χ3v) is 10.2. The third kappa shape index (κ3) is 4.86. The van der Waals surface area contributed by atoms with Crippen molar-refractivity contribution in [3.05, 3.63) is 70.8 Å². The summed E-state index contributed by atoms with van der Waals surface area (Å²) < 4.78 is 12.2. The van der Waals surface area contributed by atoms with Crippen LogP contribution in [0.4, 0.5) is 0 Å². The molecule has 5 aromatic rings. The van der Waals surface area contributed by atoms with E-state index in [1.54, 1.807) is 12.1 Å². The van der Waals surface area contributed by atoms with E-state index < -0.39 is 22.3 Å². The highest BCUT2D eigenvalue weighted by Crippen LogP contribution is 2.47. The SMILES string of the molecule is CCC(C)(COC(C)(C)C)N1C(=O)c2ccc3c4ccc5c6c(ccc(c7ccc(c2c37)C1=O)c64)C(=O)N(C(C)(C)COC(C)(C)C)C5=O. The molecule has 2 aliphatic rings. The monoisotopic (exact) mass is 660 g/mol. The predicted molar refractivity (Wildman–Crippen MR) is 193 cm³/mol. The van der Waals surface area contributed by atoms with Crippen molar-refractivity contribution in [2.75, 3.05) is 13.2 Å². The fourth-order valence-electron chi connectivity index (χ4n) is 7.46. The minimum Gasteiger partial charge on any atom is -0.373 e. The maximum atomic E-state index is 14.3. The molecule has 0 bridgehead atoms. The number of carbonyl (C=O) groups is 4. The lowest BCUT2D eigenvalue weighted by atomic mass is 9.81. The van der Waals surface area contributed by atoms with E-state index in [4.69, 9.17) is 9.47 Å². The third-order valence-electron chi connectivity index (χ3n) is 10.2. The molecule has 1 unspecified atom stereocenters. The number of ether oxygens (including phenoxy) is 2. The molecule has 4 amide bonds. The van der Waals surface area contributed by atoms with Gasteiger partial charge in [0.05, 0.1) is 35.5 Å². The van der Waals surface area contributed by atoms with Crippen molar-refractivity contribution < 1.29 is 28.7 Å². The Balaban J connectivity index is 1.41. The Morgan fingerprint density at radius 3 is 1.12 bits per heavy atom. The molecule has 8 heteroatoms. The van der Waals surface area contributed by atoms with Gasteiger partial charge in [0.1, 0.15) is 0 Å². The highest BCUT2D eigenvalue weighted by atomic mass is 16.5. The van der Waals surface area contributed by atoms with E-state index in [1.807, 2.05) is 106 Å². The quantitative estimate of drug-likeness (QED) is 0.0988. The van der Waals surface area contributed by atoms with Crippen molar-refractivity contribution >= 4 is 66.7 Å². The molecule has 0 spiro atoms. The predicted octanol–water partition coefficient (Wildman–Crippen LogP) is 8.51. The first-order chi connectivity index (χ1) is 22.8. The summed E-state index contributed by atoms with van der Waals surface area (Å²) in [5.41, 5.74) is -0.736. The molecule has 2 heterocycles. The van der Waals surface area contributed by atoms with Crippen molar-refractivity contribution in [2.45, 2.75) is 97.9 Å². The van der Waals surface area contributed by atoms with Gasteiger partial charge in [-0.25, -0.2) is 0 Å². The Hall–Kier alpha value is -4.40. The minimum absolute atomic E-state index is 0.193. The number of hydrogen-bond acceptors (Lipinski definition) is 6. The molecule has 0 fully saturated rings. The second-order valence-corrected chi connectivity index (χ2v) is 16.5. The molecule has 7 rings (SSSR count). The first kappa shape index (κ1) is 33.1. The number of amides is 4. The van der Waals surface area contributed by atoms with Crippen LogP contribution in [0.3, 0.4) is 0 Å². The summed E-state index contributed by atoms with van der Waals surface area (Å²) in [6.45, 7) is 19.7. The molecule has 1 atom stereocenters. The van der Waals surface area contributed by atoms with Gasteiger partial charge >= 0.3 is 0 Å². The van der Waals surface area contributed by atoms with E-state index in [0.29, 0.717) is 39.4 Å². The van der Waals surface area contributed by atoms with Gasteiger partial charge in [0.25, 0.3) is 23.6 Å². The molecule has 2 aliphatic heterocycles. The number of nitrogens with zero attached hydrogens (tertiary/aromatic N) is 2. The van der Waals surface area contributed by atoms with Crippen LogP contribution in [-0.2, 0) is 9.47 Å². The highest BCUT2D eigenvalue weighted by molar-refractivity contribution is 6.41. The summed E-state index contributed by atoms with van der Waals surface area (Å²) in [4.78, 5) is 59.6. The molecule has 254 valence electrons. The summed E-state index contributed by atoms with van der Waals surface area (Å²) in [7, 11) is 0. The van der Waals surface area contributed by atoms with Crippen LogP contribution in [0.1, 0.15) is 117 Å². The first-order valence-electron chi connectivity index (χ1n) is 17.1. The van der Waals surface area contributed by atoms with Crippen LogP contribution >= 0.6 is 0 Å². The molecule has 0 saturated heterocycles. The summed E-state index contributed by atoms with van der Waals surface area (Å²) in [5.74, 6) is -1.39. The fourth-order valence-corrected chi connectivity index (χ4v) is 7.46. The van der Waals surface area contributed by atoms with Gasteiger partial charge in [0, 0.05) is 33.0 Å². The van der Waals surface area contributed by atoms with Crippen LogP contribution in [0, 0.1) is 0 Å². The lowest BCUT2D eigenvalue weighted by Gasteiger charge is -2.42. The van der Waals surface area contributed by atoms with Gasteiger partial charge in [-0.05, 0) is 125 Å². The zero-order valence-corrected chi connectivity index (χ0v) is 30.1. The molecule has 0 N–H and O–H groups in total. The second kappa shape index (κ2) is 10.6. The summed E-state index contributed by atoms with van der Waals surface area (Å²) in [6, 6.07) is 14.9. The highest BCUT2D eigenvalue weighted by Gasteiger charge is 2.46. The topological polar surface area (TPSA) is 93.2 Å². The zero-order valence-electron chi connectivity index (χ0n) is 30.1. The van der Waals surface area contributed by atoms with Crippen LogP contribution < -0.4 is 0 Å². The van der Waals surface area contributed by atoms with E-state index in [1.165, 1.54) is 9.80 Å². The van der Waals surface area contributed by atoms with Gasteiger partial charge in [-0.1, -0.05) is 31.2 Å². The average molecular weight is 661 g/mol. The molecule has 5 aromatic carbocycles. The Kier molecular flexibility index (Phi) is 7.13. The van der Waals surface area contributed by atoms with Crippen molar-refractivity contribution in [1.82, 2.24) is 9.80 Å². The van der Waals surface area contributed by atoms with E-state index >= 15 is 0 Å². The number of hydrogen-bond donors (Lipinski definition) is 0. The molecular weight excluding hydrogens is 616 g/mol. The largest absolute Gasteiger partial charge is 0.373 e. The number of imide groups is 2. The zero-order chi connectivity index (χ0) is 35.6. The van der Waals surface area contributed by atoms with Gasteiger partial charge in [-0.3, -0.25) is 29.0 Å². The first-order valence-corrected chi connectivity index (χ1v) is 17.1. The van der Waals surface area contributed by atoms with Gasteiger partial charge in [0.2, 0.25) is 0 Å². The number of rotatable bonds is 7. The van der Waals surface area contributed by atoms with Gasteiger partial charge in [-0.2, -0.15) is 0 Å². The van der Waals surface area contributed by atoms with Crippen molar-refractivity contribution in [2.24, 2.45) is 0 Å². The smallest absolute Gasteiger partial charge is 0.261 e. The number of benzene rings is 5. The minimum atomic E-state index is -0.891. The maximum absolute atomic E-state index is 14.3. The summed E-state index contributed by atoms with van der Waals surface area (Å²) in [6.07, 6.45) is 0.533. The lowest BCUT2D eigenvalue weighted by molar-refractivity contribution is -0.0560. The normalized spacial score (nSPS) is 17.0. The Bertz CT molecular complexity index is 2150. The Labute approximate surface area is 286 Å². The van der Waals surface area contributed by atoms with Crippen LogP contribution in [0.25, 0.3) is 43.1 Å². The second-order valence-electron chi connectivity index (χ2n) is 16.5. The van der Waals surface area contributed by atoms with Crippen molar-refractivity contribution in [3.63, 3.8) is 0 Å². The molecule has 0 aliphatic carbocycles. The van der Waals surface area contributed by atoms with Gasteiger partial charge in [0.15, 0.2) is 0 Å². The van der Waals surface area contributed by atoms with E-state index in [0.717, 1.165) is 32.3 Å². The molecule has 49 heavy (non-hydrogen) atoms. The maximum Gasteiger partial charge on any atom is 0.261 e. The van der Waals surface area contributed by atoms with Gasteiger partial charge in [-0.15, -0.1) is 0 Å². The standard InChI is InChI=1S/C41H44N2O6/c1-11-41(10,21-49-39(5,6)7)43-36(46)28-18-14-24-22-12-16-26-32-27(35(45)42(34(26)44)40(8,9)20-48-38(2,3)4)17-13-23(30(22)32)25-15-19-29(37(43)47)33(28)31(24)25/h12-19H,11,20-21H2,1-10H3. The van der Waals surface area contributed by atoms with Crippen molar-refractivity contribution in [3.8, 4) is 0 Å². The Morgan fingerprint density at radius 1 is 0.469 bits per heavy atom. The number of carbonyl (C=O) groups excluding carboxylic acids is 4. The molecule has 0 radical (unpaired) electrons. The van der Waals surface area contributed by atoms with Gasteiger partial charge < -0.3 is 9.47 Å². The van der Waals surface area contributed by atoms with E-state index in [2.05, 4.69) is 0 Å². The van der Waals surface area contributed by atoms with Crippen LogP contribution in [-0.4, -0.2) is 68.9 Å². The fraction of sp³-hybridized carbons (Fsp3) is 0.415.